The second-order valence-corrected chi connectivity index (χ2v) is 4.78. The minimum atomic E-state index is 0.799. The summed E-state index contributed by atoms with van der Waals surface area (Å²) in [6.07, 6.45) is 0. The first-order chi connectivity index (χ1) is 10.3. The fourth-order valence-corrected chi connectivity index (χ4v) is 2.55. The van der Waals surface area contributed by atoms with Crippen LogP contribution in [-0.4, -0.2) is 33.1 Å². The van der Waals surface area contributed by atoms with E-state index in [4.69, 9.17) is 9.47 Å². The number of nitrogens with one attached hydrogen (secondary N) is 1. The molecule has 0 bridgehead atoms. The number of ether oxygens (including phenoxy) is 2. The van der Waals surface area contributed by atoms with E-state index in [9.17, 15) is 0 Å². The van der Waals surface area contributed by atoms with E-state index < -0.39 is 0 Å². The first kappa shape index (κ1) is 13.5. The van der Waals surface area contributed by atoms with Crippen LogP contribution in [0.2, 0.25) is 0 Å². The summed E-state index contributed by atoms with van der Waals surface area (Å²) in [4.78, 5) is 4.47. The van der Waals surface area contributed by atoms with Gasteiger partial charge in [-0.15, -0.1) is 0 Å². The van der Waals surface area contributed by atoms with Crippen LogP contribution >= 0.6 is 0 Å². The van der Waals surface area contributed by atoms with Gasteiger partial charge in [-0.1, -0.05) is 24.3 Å². The van der Waals surface area contributed by atoms with Crippen LogP contribution in [0.4, 0.5) is 0 Å². The monoisotopic (exact) mass is 282 g/mol. The Kier molecular flexibility index (Phi) is 3.77. The lowest BCUT2D eigenvalue weighted by Gasteiger charge is -2.14. The second-order valence-electron chi connectivity index (χ2n) is 4.78. The van der Waals surface area contributed by atoms with Gasteiger partial charge in [-0.25, -0.2) is 0 Å². The zero-order chi connectivity index (χ0) is 14.7. The Balaban J connectivity index is 2.10. The van der Waals surface area contributed by atoms with E-state index in [1.165, 1.54) is 0 Å². The lowest BCUT2D eigenvalue weighted by atomic mass is 10.0. The highest BCUT2D eigenvalue weighted by atomic mass is 16.5. The molecule has 0 saturated heterocycles. The maximum Gasteiger partial charge on any atom is 0.130 e. The van der Waals surface area contributed by atoms with Gasteiger partial charge in [0, 0.05) is 12.1 Å². The van der Waals surface area contributed by atoms with E-state index in [2.05, 4.69) is 28.5 Å². The molecule has 1 aliphatic heterocycles. The van der Waals surface area contributed by atoms with Crippen LogP contribution in [0.1, 0.15) is 5.56 Å². The van der Waals surface area contributed by atoms with Crippen LogP contribution in [0, 0.1) is 0 Å². The summed E-state index contributed by atoms with van der Waals surface area (Å²) in [6.45, 7) is 1.73. The molecule has 0 amide bonds. The molecule has 0 unspecified atom stereocenters. The van der Waals surface area contributed by atoms with Crippen LogP contribution < -0.4 is 14.8 Å². The van der Waals surface area contributed by atoms with E-state index >= 15 is 0 Å². The number of rotatable bonds is 4. The molecule has 0 radical (unpaired) electrons. The molecule has 21 heavy (non-hydrogen) atoms. The van der Waals surface area contributed by atoms with E-state index in [1.54, 1.807) is 14.2 Å². The molecule has 1 N–H and O–H groups in total. The molecule has 4 nitrogen and oxygen atoms in total. The van der Waals surface area contributed by atoms with Crippen molar-refractivity contribution < 1.29 is 9.47 Å². The zero-order valence-electron chi connectivity index (χ0n) is 12.2. The summed E-state index contributed by atoms with van der Waals surface area (Å²) in [6, 6.07) is 14.1. The number of nitrogens with zero attached hydrogens (tertiary/aromatic N) is 1. The van der Waals surface area contributed by atoms with E-state index in [1.807, 2.05) is 24.3 Å². The van der Waals surface area contributed by atoms with Gasteiger partial charge < -0.3 is 14.8 Å². The first-order valence-corrected chi connectivity index (χ1v) is 6.93. The van der Waals surface area contributed by atoms with Crippen molar-refractivity contribution in [3.63, 3.8) is 0 Å². The highest BCUT2D eigenvalue weighted by Crippen LogP contribution is 2.38. The smallest absolute Gasteiger partial charge is 0.130 e. The molecular formula is C17H18N2O2. The predicted molar refractivity (Wildman–Crippen MR) is 84.4 cm³/mol. The van der Waals surface area contributed by atoms with Gasteiger partial charge in [-0.3, -0.25) is 4.99 Å². The number of hydrogen-bond donors (Lipinski definition) is 1. The standard InChI is InChI=1S/C17H18N2O2/c1-20-14-7-4-8-15(21-2)16(14)12-5-3-6-13(11-12)17-18-9-10-19-17/h3-8,11H,9-10H2,1-2H3,(H,18,19). The largest absolute Gasteiger partial charge is 0.496 e. The minimum Gasteiger partial charge on any atom is -0.496 e. The van der Waals surface area contributed by atoms with Crippen molar-refractivity contribution in [1.82, 2.24) is 5.32 Å². The quantitative estimate of drug-likeness (QED) is 0.937. The maximum atomic E-state index is 5.48. The second kappa shape index (κ2) is 5.87. The van der Waals surface area contributed by atoms with Crippen LogP contribution in [0.25, 0.3) is 11.1 Å². The Morgan fingerprint density at radius 2 is 1.62 bits per heavy atom. The lowest BCUT2D eigenvalue weighted by Crippen LogP contribution is -2.19. The Morgan fingerprint density at radius 1 is 0.952 bits per heavy atom. The normalized spacial score (nSPS) is 13.5. The third-order valence-corrected chi connectivity index (χ3v) is 3.53. The number of amidine groups is 1. The number of hydrogen-bond acceptors (Lipinski definition) is 4. The molecule has 2 aromatic rings. The Morgan fingerprint density at radius 3 is 2.24 bits per heavy atom. The molecule has 0 atom stereocenters. The topological polar surface area (TPSA) is 42.9 Å². The van der Waals surface area contributed by atoms with Crippen molar-refractivity contribution in [2.24, 2.45) is 4.99 Å². The molecule has 0 aromatic heterocycles. The third kappa shape index (κ3) is 2.57. The molecule has 3 rings (SSSR count). The predicted octanol–water partition coefficient (Wildman–Crippen LogP) is 2.72. The van der Waals surface area contributed by atoms with Crippen molar-refractivity contribution in [2.75, 3.05) is 27.3 Å². The summed E-state index contributed by atoms with van der Waals surface area (Å²) < 4.78 is 11.0. The number of aliphatic imine (C=N–C) groups is 1. The minimum absolute atomic E-state index is 0.799. The number of methoxy groups -OCH3 is 2. The fourth-order valence-electron chi connectivity index (χ4n) is 2.55. The molecule has 1 heterocycles. The molecule has 0 aliphatic carbocycles. The van der Waals surface area contributed by atoms with Crippen molar-refractivity contribution in [3.8, 4) is 22.6 Å². The average molecular weight is 282 g/mol. The van der Waals surface area contributed by atoms with Gasteiger partial charge in [0.2, 0.25) is 0 Å². The van der Waals surface area contributed by atoms with Crippen LogP contribution in [0.15, 0.2) is 47.5 Å². The molecular weight excluding hydrogens is 264 g/mol. The highest BCUT2D eigenvalue weighted by Gasteiger charge is 2.14. The summed E-state index contributed by atoms with van der Waals surface area (Å²) in [5, 5.41) is 3.30. The molecule has 0 spiro atoms. The summed E-state index contributed by atoms with van der Waals surface area (Å²) in [5.74, 6) is 2.55. The fraction of sp³-hybridized carbons (Fsp3) is 0.235. The van der Waals surface area contributed by atoms with Gasteiger partial charge in [0.15, 0.2) is 0 Å². The van der Waals surface area contributed by atoms with Gasteiger partial charge in [-0.2, -0.15) is 0 Å². The average Bonchev–Trinajstić information content (AvgIpc) is 3.08. The maximum absolute atomic E-state index is 5.48. The van der Waals surface area contributed by atoms with Crippen molar-refractivity contribution >= 4 is 5.84 Å². The van der Waals surface area contributed by atoms with E-state index in [-0.39, 0.29) is 0 Å². The van der Waals surface area contributed by atoms with Crippen molar-refractivity contribution in [1.29, 1.82) is 0 Å². The SMILES string of the molecule is COc1cccc(OC)c1-c1cccc(C2=NCCN2)c1. The Labute approximate surface area is 124 Å². The van der Waals surface area contributed by atoms with Gasteiger partial charge in [0.1, 0.15) is 17.3 Å². The van der Waals surface area contributed by atoms with Gasteiger partial charge in [0.25, 0.3) is 0 Å². The first-order valence-electron chi connectivity index (χ1n) is 6.93. The third-order valence-electron chi connectivity index (χ3n) is 3.53. The van der Waals surface area contributed by atoms with Crippen molar-refractivity contribution in [2.45, 2.75) is 0 Å². The van der Waals surface area contributed by atoms with Gasteiger partial charge in [-0.05, 0) is 23.8 Å². The van der Waals surface area contributed by atoms with E-state index in [0.717, 1.165) is 47.1 Å². The molecule has 108 valence electrons. The summed E-state index contributed by atoms with van der Waals surface area (Å²) in [5.41, 5.74) is 3.10. The Hall–Kier alpha value is -2.49. The van der Waals surface area contributed by atoms with Crippen molar-refractivity contribution in [3.05, 3.63) is 48.0 Å². The summed E-state index contributed by atoms with van der Waals surface area (Å²) >= 11 is 0. The Bertz CT molecular complexity index is 658. The molecule has 0 saturated carbocycles. The summed E-state index contributed by atoms with van der Waals surface area (Å²) in [7, 11) is 3.34. The van der Waals surface area contributed by atoms with Crippen LogP contribution in [0.5, 0.6) is 11.5 Å². The molecule has 2 aromatic carbocycles. The zero-order valence-corrected chi connectivity index (χ0v) is 12.2. The van der Waals surface area contributed by atoms with Gasteiger partial charge >= 0.3 is 0 Å². The molecule has 4 heteroatoms. The van der Waals surface area contributed by atoms with Gasteiger partial charge in [0.05, 0.1) is 26.3 Å². The molecule has 1 aliphatic rings. The molecule has 0 fully saturated rings. The van der Waals surface area contributed by atoms with Crippen LogP contribution in [0.3, 0.4) is 0 Å². The highest BCUT2D eigenvalue weighted by molar-refractivity contribution is 6.01. The van der Waals surface area contributed by atoms with E-state index in [0.29, 0.717) is 0 Å². The lowest BCUT2D eigenvalue weighted by molar-refractivity contribution is 0.397. The number of benzene rings is 2. The van der Waals surface area contributed by atoms with Crippen LogP contribution in [-0.2, 0) is 0 Å².